The summed E-state index contributed by atoms with van der Waals surface area (Å²) in [5, 5.41) is 0.0705. The van der Waals surface area contributed by atoms with Crippen molar-refractivity contribution in [1.82, 2.24) is 0 Å². The van der Waals surface area contributed by atoms with Crippen LogP contribution in [-0.4, -0.2) is 28.2 Å². The lowest BCUT2D eigenvalue weighted by molar-refractivity contribution is -0.629. The molecule has 1 aliphatic rings. The van der Waals surface area contributed by atoms with Gasteiger partial charge in [-0.15, -0.1) is 0 Å². The molecule has 3 unspecified atom stereocenters. The Balaban J connectivity index is 2.57. The van der Waals surface area contributed by atoms with E-state index in [0.717, 1.165) is 6.07 Å². The van der Waals surface area contributed by atoms with Crippen LogP contribution in [0.3, 0.4) is 0 Å². The van der Waals surface area contributed by atoms with Crippen LogP contribution >= 0.6 is 31.0 Å². The molecular weight excluding hydrogens is 475 g/mol. The van der Waals surface area contributed by atoms with E-state index in [4.69, 9.17) is 47.5 Å². The van der Waals surface area contributed by atoms with Crippen LogP contribution in [0.25, 0.3) is 0 Å². The van der Waals surface area contributed by atoms with Gasteiger partial charge in [-0.25, -0.2) is 9.45 Å². The third kappa shape index (κ3) is 5.49. The van der Waals surface area contributed by atoms with Crippen molar-refractivity contribution in [3.8, 4) is 5.75 Å². The zero-order chi connectivity index (χ0) is 23.0. The van der Waals surface area contributed by atoms with Gasteiger partial charge in [0.25, 0.3) is 5.79 Å². The molecule has 0 saturated carbocycles. The van der Waals surface area contributed by atoms with Gasteiger partial charge in [-0.2, -0.15) is 18.1 Å². The van der Waals surface area contributed by atoms with Gasteiger partial charge in [0.05, 0.1) is 5.02 Å². The lowest BCUT2D eigenvalue weighted by Gasteiger charge is -2.57. The fraction of sp³-hybridized carbons (Fsp3) is 0.529. The first-order valence-electron chi connectivity index (χ1n) is 8.59. The first-order valence-corrected chi connectivity index (χ1v) is 10.9. The molecule has 1 aromatic rings. The predicted octanol–water partition coefficient (Wildman–Crippen LogP) is 5.43. The Morgan fingerprint density at radius 3 is 2.43 bits per heavy atom. The van der Waals surface area contributed by atoms with Crippen LogP contribution in [0.15, 0.2) is 29.8 Å². The number of halogens is 5. The van der Waals surface area contributed by atoms with Crippen molar-refractivity contribution in [2.45, 2.75) is 44.3 Å². The average molecular weight is 495 g/mol. The van der Waals surface area contributed by atoms with E-state index in [1.165, 1.54) is 19.1 Å². The van der Waals surface area contributed by atoms with E-state index in [-0.39, 0.29) is 22.0 Å². The molecule has 0 spiro atoms. The van der Waals surface area contributed by atoms with Crippen LogP contribution in [0, 0.1) is 5.92 Å². The summed E-state index contributed by atoms with van der Waals surface area (Å²) in [5.74, 6) is -3.04. The standard InChI is InChI=1S/C17H20Cl2F3O7P/c1-4-11(7-10(2)18)15(3)17(29-28-15,26-9-16(20,21)22)12-5-6-13(19)14(8-12)27-30(23,24)25/h5-6,8,11H,2,4,7,9H2,1,3H3,(H2,23,24,25). The fourth-order valence-corrected chi connectivity index (χ4v) is 4.06. The Morgan fingerprint density at radius 1 is 1.37 bits per heavy atom. The summed E-state index contributed by atoms with van der Waals surface area (Å²) in [6.45, 7) is 5.19. The first-order chi connectivity index (χ1) is 13.6. The number of allylic oxidation sites excluding steroid dienone is 1. The molecule has 1 aliphatic heterocycles. The summed E-state index contributed by atoms with van der Waals surface area (Å²) in [4.78, 5) is 28.5. The van der Waals surface area contributed by atoms with Crippen LogP contribution < -0.4 is 4.52 Å². The largest absolute Gasteiger partial charge is 0.524 e. The number of ether oxygens (including phenoxy) is 1. The average Bonchev–Trinajstić information content (AvgIpc) is 2.58. The Bertz CT molecular complexity index is 847. The number of benzene rings is 1. The van der Waals surface area contributed by atoms with Crippen molar-refractivity contribution >= 4 is 31.0 Å². The smallest absolute Gasteiger partial charge is 0.403 e. The molecule has 0 radical (unpaired) electrons. The summed E-state index contributed by atoms with van der Waals surface area (Å²) in [7, 11) is -5.00. The highest BCUT2D eigenvalue weighted by Gasteiger charge is 2.67. The van der Waals surface area contributed by atoms with Gasteiger partial charge in [0.1, 0.15) is 6.61 Å². The molecule has 1 saturated heterocycles. The maximum absolute atomic E-state index is 13.0. The summed E-state index contributed by atoms with van der Waals surface area (Å²) >= 11 is 11.8. The molecule has 0 amide bonds. The SMILES string of the molecule is C=C(Cl)CC(CC)C1(C)OOC1(OCC(F)(F)F)c1ccc(Cl)c(OP(=O)(O)O)c1. The molecule has 170 valence electrons. The molecule has 3 atom stereocenters. The van der Waals surface area contributed by atoms with E-state index >= 15 is 0 Å². The number of phosphoric ester groups is 1. The van der Waals surface area contributed by atoms with Crippen LogP contribution in [-0.2, 0) is 24.9 Å². The van der Waals surface area contributed by atoms with Crippen molar-refractivity contribution in [2.24, 2.45) is 5.92 Å². The highest BCUT2D eigenvalue weighted by atomic mass is 35.5. The van der Waals surface area contributed by atoms with E-state index in [9.17, 15) is 17.7 Å². The fourth-order valence-electron chi connectivity index (χ4n) is 3.26. The number of alkyl halides is 3. The molecular formula is C17H20Cl2F3O7P. The van der Waals surface area contributed by atoms with Crippen LogP contribution in [0.1, 0.15) is 32.3 Å². The Morgan fingerprint density at radius 2 is 2.00 bits per heavy atom. The van der Waals surface area contributed by atoms with E-state index in [0.29, 0.717) is 6.42 Å². The predicted molar refractivity (Wildman–Crippen MR) is 102 cm³/mol. The number of rotatable bonds is 9. The van der Waals surface area contributed by atoms with Gasteiger partial charge in [0.2, 0.25) is 0 Å². The van der Waals surface area contributed by atoms with Gasteiger partial charge in [-0.05, 0) is 31.9 Å². The summed E-state index contributed by atoms with van der Waals surface area (Å²) in [6.07, 6.45) is -4.08. The monoisotopic (exact) mass is 494 g/mol. The summed E-state index contributed by atoms with van der Waals surface area (Å²) < 4.78 is 59.8. The zero-order valence-corrected chi connectivity index (χ0v) is 18.3. The number of hydrogen-bond acceptors (Lipinski definition) is 5. The van der Waals surface area contributed by atoms with Gasteiger partial charge >= 0.3 is 14.0 Å². The van der Waals surface area contributed by atoms with Crippen molar-refractivity contribution in [1.29, 1.82) is 0 Å². The van der Waals surface area contributed by atoms with Crippen molar-refractivity contribution < 1.29 is 46.6 Å². The summed E-state index contributed by atoms with van der Waals surface area (Å²) in [5.41, 5.74) is -1.51. The molecule has 13 heteroatoms. The molecule has 7 nitrogen and oxygen atoms in total. The minimum absolute atomic E-state index is 0.0491. The molecule has 1 aromatic carbocycles. The van der Waals surface area contributed by atoms with E-state index in [1.54, 1.807) is 6.92 Å². The van der Waals surface area contributed by atoms with Crippen LogP contribution in [0.4, 0.5) is 13.2 Å². The number of hydrogen-bond donors (Lipinski definition) is 2. The van der Waals surface area contributed by atoms with E-state index < -0.39 is 43.7 Å². The maximum Gasteiger partial charge on any atom is 0.524 e. The second kappa shape index (κ2) is 8.96. The third-order valence-electron chi connectivity index (χ3n) is 4.69. The van der Waals surface area contributed by atoms with Gasteiger partial charge in [0, 0.05) is 16.5 Å². The topological polar surface area (TPSA) is 94.5 Å². The molecule has 0 aromatic heterocycles. The van der Waals surface area contributed by atoms with Gasteiger partial charge in [-0.1, -0.05) is 42.8 Å². The van der Waals surface area contributed by atoms with Crippen LogP contribution in [0.5, 0.6) is 5.75 Å². The quantitative estimate of drug-likeness (QED) is 0.349. The van der Waals surface area contributed by atoms with Crippen LogP contribution in [0.2, 0.25) is 5.02 Å². The number of phosphoric acid groups is 1. The third-order valence-corrected chi connectivity index (χ3v) is 5.59. The molecule has 2 rings (SSSR count). The molecule has 1 fully saturated rings. The second-order valence-corrected chi connectivity index (χ2v) is 8.95. The van der Waals surface area contributed by atoms with Crippen molar-refractivity contribution in [2.75, 3.05) is 6.61 Å². The molecule has 30 heavy (non-hydrogen) atoms. The van der Waals surface area contributed by atoms with Crippen molar-refractivity contribution in [3.63, 3.8) is 0 Å². The lowest BCUT2D eigenvalue weighted by atomic mass is 9.74. The minimum atomic E-state index is -5.00. The molecule has 1 heterocycles. The lowest BCUT2D eigenvalue weighted by Crippen LogP contribution is -2.68. The Labute approximate surface area is 180 Å². The van der Waals surface area contributed by atoms with Gasteiger partial charge < -0.3 is 9.26 Å². The highest BCUT2D eigenvalue weighted by Crippen LogP contribution is 2.57. The maximum atomic E-state index is 13.0. The van der Waals surface area contributed by atoms with E-state index in [1.807, 2.05) is 0 Å². The minimum Gasteiger partial charge on any atom is -0.403 e. The molecule has 2 N–H and O–H groups in total. The van der Waals surface area contributed by atoms with Gasteiger partial charge in [0.15, 0.2) is 11.4 Å². The molecule has 0 bridgehead atoms. The normalized spacial score (nSPS) is 25.5. The summed E-state index contributed by atoms with van der Waals surface area (Å²) in [6, 6.07) is 3.50. The first kappa shape index (κ1) is 25.4. The second-order valence-electron chi connectivity index (χ2n) is 6.85. The molecule has 0 aliphatic carbocycles. The highest BCUT2D eigenvalue weighted by molar-refractivity contribution is 7.46. The Hall–Kier alpha value is -0.840. The van der Waals surface area contributed by atoms with Crippen molar-refractivity contribution in [3.05, 3.63) is 40.4 Å². The van der Waals surface area contributed by atoms with Gasteiger partial charge in [-0.3, -0.25) is 9.79 Å². The zero-order valence-electron chi connectivity index (χ0n) is 15.9. The Kier molecular flexibility index (Phi) is 7.59. The van der Waals surface area contributed by atoms with E-state index in [2.05, 4.69) is 11.1 Å².